The van der Waals surface area contributed by atoms with E-state index in [1.807, 2.05) is 90.9 Å². The molecule has 3 aromatic heterocycles. The Morgan fingerprint density at radius 3 is 1.02 bits per heavy atom. The maximum absolute atomic E-state index is 13.5. The van der Waals surface area contributed by atoms with E-state index in [4.69, 9.17) is 150 Å². The molecule has 0 aliphatic heterocycles. The predicted molar refractivity (Wildman–Crippen MR) is 537 cm³/mol. The fourth-order valence-electron chi connectivity index (χ4n) is 12.6. The first kappa shape index (κ1) is 118. The number of aromatic hydroxyl groups is 1. The number of carboxylic acids is 1. The summed E-state index contributed by atoms with van der Waals surface area (Å²) >= 11 is 29.5. The van der Waals surface area contributed by atoms with Crippen LogP contribution in [0.5, 0.6) is 80.5 Å². The zero-order valence-electron chi connectivity index (χ0n) is 77.2. The molecule has 0 unspecified atom stereocenters. The fraction of sp³-hybridized carbons (Fsp3) is 0.202. The number of ether oxygens (including phenoxy) is 12. The first-order chi connectivity index (χ1) is 64.8. The maximum atomic E-state index is 13.5. The van der Waals surface area contributed by atoms with Crippen LogP contribution in [-0.4, -0.2) is 154 Å². The van der Waals surface area contributed by atoms with Crippen LogP contribution in [0.25, 0.3) is 32.7 Å². The van der Waals surface area contributed by atoms with Gasteiger partial charge in [0.1, 0.15) is 54.8 Å². The number of fused-ring (bicyclic) bond motifs is 3. The minimum atomic E-state index is -4.19. The number of carboxylic acid groups (broad SMARTS) is 1. The third kappa shape index (κ3) is 35.6. The van der Waals surface area contributed by atoms with E-state index in [2.05, 4.69) is 39.8 Å². The molecule has 0 aliphatic rings. The van der Waals surface area contributed by atoms with Crippen LogP contribution in [-0.2, 0) is 81.5 Å². The van der Waals surface area contributed by atoms with Gasteiger partial charge in [-0.05, 0) is 229 Å². The minimum Gasteiger partial charge on any atom is -0.870 e. The third-order valence-electron chi connectivity index (χ3n) is 18.5. The molecule has 14 aromatic rings. The van der Waals surface area contributed by atoms with E-state index in [9.17, 15) is 39.6 Å². The molecule has 140 heavy (non-hydrogen) atoms. The maximum Gasteiger partial charge on any atom is 1.00 e. The molecule has 0 saturated heterocycles. The molecule has 0 aliphatic carbocycles. The molecule has 0 amide bonds. The van der Waals surface area contributed by atoms with Crippen molar-refractivity contribution in [2.24, 2.45) is 0 Å². The van der Waals surface area contributed by atoms with E-state index in [0.717, 1.165) is 39.3 Å². The van der Waals surface area contributed by atoms with Gasteiger partial charge in [0.05, 0.1) is 102 Å². The number of aromatic amines is 3. The number of sulfonamides is 2. The standard InChI is InChI=1S/C27H27ClN2O7S.C26H25ClN2O7S.C19H20N2O4.C8H8Cl2O3S.C8H9ClO.C6H5ClO.ClHO3S.Li.2H2O/c1-5-36-18-7-11-25(20(28)15-18)38(32,33)30-27-19-12-16(2)29-21(19)8-10-23(27)37-22-9-6-17(13-24(22)34-3)14-26(31)35-4;1-4-35-17-6-10-24(19(27)14-17)37(32,33)29-26-18-11-15(2)28-20(18)7-9-22(26)36-21-8-5-16(13-25(30)31)12-23(21)34-3;1-11-8-13-14(21-11)5-7-16(19(13)20)25-15-6-4-12(9-17(15)23-2)10-18(22)24-3;1-2-13-6-3-4-8(7(9)5-6)14(10,11)12;1-2-10-8-5-3-4-7(9)6-8;7-5-2-1-3-6(8)4-5;1-5(2,3)4;;;/h6-13,15,29-30H,5,14H2,1-4H3;5-12,14,28-29H,4,13H2,1-3H3,(H,30,31);4-9,21H,10,20H2,1-3H3;3-5H,2H2,1H3;3-6H,2H2,1H3;1-4,8H;(H,2,3,4);;2*1H2/q;;;;;;;+1;;/p-1. The second-order valence-corrected chi connectivity index (χ2v) is 38.4. The van der Waals surface area contributed by atoms with Crippen LogP contribution in [0.1, 0.15) is 61.5 Å². The molecular weight excluding hydrogens is 2040 g/mol. The first-order valence-corrected chi connectivity index (χ1v) is 50.1. The van der Waals surface area contributed by atoms with Crippen molar-refractivity contribution in [3.05, 3.63) is 271 Å². The number of halogens is 7. The molecule has 11 aromatic carbocycles. The van der Waals surface area contributed by atoms with Gasteiger partial charge in [0.2, 0.25) is 0 Å². The quantitative estimate of drug-likeness (QED) is 0.00664. The molecule has 0 bridgehead atoms. The van der Waals surface area contributed by atoms with Gasteiger partial charge in [-0.1, -0.05) is 88.3 Å². The Kier molecular flexibility index (Phi) is 46.7. The van der Waals surface area contributed by atoms with E-state index < -0.39 is 50.4 Å². The van der Waals surface area contributed by atoms with Crippen LogP contribution >= 0.6 is 79.4 Å². The van der Waals surface area contributed by atoms with Gasteiger partial charge in [0, 0.05) is 99.4 Å². The van der Waals surface area contributed by atoms with Crippen molar-refractivity contribution < 1.29 is 149 Å². The molecule has 46 heteroatoms. The molecule has 746 valence electrons. The molecule has 13 N–H and O–H groups in total. The number of rotatable bonds is 30. The zero-order chi connectivity index (χ0) is 101. The van der Waals surface area contributed by atoms with Gasteiger partial charge in [-0.25, -0.2) is 25.3 Å². The van der Waals surface area contributed by atoms with Crippen LogP contribution in [0.15, 0.2) is 227 Å². The van der Waals surface area contributed by atoms with Crippen molar-refractivity contribution in [2.45, 2.75) is 82.4 Å². The molecule has 0 spiro atoms. The van der Waals surface area contributed by atoms with Crippen LogP contribution in [0.4, 0.5) is 17.1 Å². The van der Waals surface area contributed by atoms with Crippen molar-refractivity contribution in [2.75, 3.05) is 77.2 Å². The van der Waals surface area contributed by atoms with Crippen LogP contribution in [0.2, 0.25) is 25.1 Å². The Morgan fingerprint density at radius 1 is 0.393 bits per heavy atom. The zero-order valence-corrected chi connectivity index (χ0v) is 85.7. The summed E-state index contributed by atoms with van der Waals surface area (Å²) in [6, 6.07) is 58.0. The summed E-state index contributed by atoms with van der Waals surface area (Å²) in [4.78, 5) is 43.5. The number of benzene rings is 11. The molecule has 0 atom stereocenters. The van der Waals surface area contributed by atoms with E-state index in [-0.39, 0.29) is 119 Å². The Balaban J connectivity index is 0.000000313. The Labute approximate surface area is 854 Å². The summed E-state index contributed by atoms with van der Waals surface area (Å²) in [5.41, 5.74) is 14.3. The van der Waals surface area contributed by atoms with Crippen LogP contribution < -0.4 is 81.4 Å². The number of carbonyl (C=O) groups is 3. The van der Waals surface area contributed by atoms with Gasteiger partial charge >= 0.3 is 46.1 Å². The number of anilines is 3. The summed E-state index contributed by atoms with van der Waals surface area (Å²) in [6.45, 7) is 15.1. The van der Waals surface area contributed by atoms with Crippen molar-refractivity contribution in [3.63, 3.8) is 0 Å². The third-order valence-corrected chi connectivity index (χ3v) is 24.4. The second kappa shape index (κ2) is 55.2. The summed E-state index contributed by atoms with van der Waals surface area (Å²) in [6.07, 6.45) is 0.0542. The summed E-state index contributed by atoms with van der Waals surface area (Å²) in [5, 5.41) is 21.3. The largest absolute Gasteiger partial charge is 1.00 e. The van der Waals surface area contributed by atoms with Crippen molar-refractivity contribution in [1.29, 1.82) is 0 Å². The van der Waals surface area contributed by atoms with Gasteiger partial charge in [0.15, 0.2) is 51.7 Å². The number of esters is 2. The van der Waals surface area contributed by atoms with Crippen molar-refractivity contribution in [1.82, 2.24) is 15.0 Å². The van der Waals surface area contributed by atoms with Gasteiger partial charge in [-0.2, -0.15) is 8.42 Å². The fourth-order valence-corrected chi connectivity index (χ4v) is 17.8. The van der Waals surface area contributed by atoms with Gasteiger partial charge < -0.3 is 98.7 Å². The van der Waals surface area contributed by atoms with Gasteiger partial charge in [-0.15, -0.1) is 0 Å². The van der Waals surface area contributed by atoms with E-state index in [0.29, 0.717) is 127 Å². The number of aliphatic carboxylic acids is 1. The monoisotopic (exact) mass is 2140 g/mol. The van der Waals surface area contributed by atoms with E-state index in [1.54, 1.807) is 122 Å². The number of phenols is 1. The van der Waals surface area contributed by atoms with Gasteiger partial charge in [0.25, 0.3) is 29.1 Å². The first-order valence-electron chi connectivity index (χ1n) is 40.6. The molecule has 0 radical (unpaired) electrons. The predicted octanol–water partition coefficient (Wildman–Crippen LogP) is 18.7. The molecule has 0 fully saturated rings. The molecule has 14 rings (SSSR count). The number of H-pyrrole nitrogens is 3. The number of nitrogen functional groups attached to an aromatic ring is 1. The van der Waals surface area contributed by atoms with Crippen molar-refractivity contribution in [3.8, 4) is 80.5 Å². The number of carbonyl (C=O) groups excluding carboxylic acids is 2. The normalized spacial score (nSPS) is 10.7. The SMILES string of the molecule is CCOc1ccc(S(=O)(=O)Cl)c(Cl)c1.CCOc1ccc(S(=O)(=O)Nc2c(Oc3ccc(CC(=O)O)cc3OC)ccc3[nH]c(C)cc23)c(Cl)c1.CCOc1ccc(S(=O)(=O)Nc2c(Oc3ccc(CC(=O)OC)cc3OC)ccc3[nH]c(C)cc23)c(Cl)c1.CCOc1cccc(Cl)c1.COC(=O)Cc1ccc(Oc2ccc3[nH]c(C)cc3c2N)c(OC)c1.O.O=S(=O)(O)Cl.Oc1cccc(Cl)c1.[Li+].[OH-]. The number of phenolic OH excluding ortho intramolecular Hbond substituents is 1. The average Bonchev–Trinajstić information content (AvgIpc) is 1.58. The Bertz CT molecular complexity index is 7080. The summed E-state index contributed by atoms with van der Waals surface area (Å²) in [5.74, 6) is 4.09. The number of aromatic nitrogens is 3. The van der Waals surface area contributed by atoms with Crippen LogP contribution in [0.3, 0.4) is 0 Å². The number of aryl methyl sites for hydroxylation is 3. The van der Waals surface area contributed by atoms with E-state index >= 15 is 0 Å². The average molecular weight is 2140 g/mol. The number of nitrogens with two attached hydrogens (primary N) is 1. The number of nitrogens with one attached hydrogen (secondary N) is 5. The number of hydrogen-bond donors (Lipinski definition) is 9. The summed E-state index contributed by atoms with van der Waals surface area (Å²) in [7, 11) is 0.0933. The van der Waals surface area contributed by atoms with Gasteiger partial charge in [-0.3, -0.25) is 28.4 Å². The molecule has 0 saturated carbocycles. The minimum absolute atomic E-state index is 0. The Morgan fingerprint density at radius 2 is 0.707 bits per heavy atom. The van der Waals surface area contributed by atoms with Crippen molar-refractivity contribution >= 4 is 185 Å². The molecule has 34 nitrogen and oxygen atoms in total. The second-order valence-electron chi connectivity index (χ2n) is 28.4. The molecule has 3 heterocycles. The van der Waals surface area contributed by atoms with Crippen LogP contribution in [0, 0.1) is 20.8 Å². The smallest absolute Gasteiger partial charge is 0.870 e. The number of methoxy groups -OCH3 is 5. The van der Waals surface area contributed by atoms with E-state index in [1.165, 1.54) is 83.0 Å². The topological polar surface area (TPSA) is 518 Å². The number of hydrogen-bond acceptors (Lipinski definition) is 26. The summed E-state index contributed by atoms with van der Waals surface area (Å²) < 4.78 is 171. The Hall–Kier alpha value is -12.0. The molecular formula is C94H98Cl7LiN6O28S4.